The number of anilines is 1. The van der Waals surface area contributed by atoms with Crippen LogP contribution in [0.3, 0.4) is 0 Å². The molecule has 1 fully saturated rings. The molecule has 1 saturated heterocycles. The molecule has 0 aliphatic carbocycles. The second-order valence-corrected chi connectivity index (χ2v) is 10.4. The van der Waals surface area contributed by atoms with Gasteiger partial charge in [0.05, 0.1) is 32.1 Å². The summed E-state index contributed by atoms with van der Waals surface area (Å²) in [6.45, 7) is 8.93. The van der Waals surface area contributed by atoms with Crippen molar-refractivity contribution in [2.45, 2.75) is 13.8 Å². The first kappa shape index (κ1) is 20.0. The van der Waals surface area contributed by atoms with Crippen LogP contribution < -0.4 is 4.90 Å². The van der Waals surface area contributed by atoms with Gasteiger partial charge in [-0.3, -0.25) is 14.6 Å². The summed E-state index contributed by atoms with van der Waals surface area (Å²) < 4.78 is 7.53. The van der Waals surface area contributed by atoms with Crippen molar-refractivity contribution >= 4 is 59.9 Å². The highest BCUT2D eigenvalue weighted by Gasteiger charge is 2.24. The van der Waals surface area contributed by atoms with Gasteiger partial charge >= 0.3 is 0 Å². The van der Waals surface area contributed by atoms with E-state index in [1.807, 2.05) is 17.0 Å². The van der Waals surface area contributed by atoms with Gasteiger partial charge in [-0.05, 0) is 59.1 Å². The van der Waals surface area contributed by atoms with Crippen LogP contribution >= 0.6 is 38.6 Å². The topological polar surface area (TPSA) is 45.7 Å². The lowest BCUT2D eigenvalue weighted by Gasteiger charge is -2.29. The average Bonchev–Trinajstić information content (AvgIpc) is 3.29. The molecule has 148 valence electrons. The number of carbonyl (C=O) groups excluding carboxylic acids is 1. The number of thiazole rings is 1. The fourth-order valence-corrected chi connectivity index (χ4v) is 5.89. The summed E-state index contributed by atoms with van der Waals surface area (Å²) in [4.78, 5) is 23.1. The van der Waals surface area contributed by atoms with Crippen LogP contribution in [0.4, 0.5) is 5.13 Å². The molecule has 8 heteroatoms. The second kappa shape index (κ2) is 8.59. The summed E-state index contributed by atoms with van der Waals surface area (Å²) in [6, 6.07) is 8.09. The van der Waals surface area contributed by atoms with E-state index >= 15 is 0 Å². The van der Waals surface area contributed by atoms with Crippen LogP contribution in [0.25, 0.3) is 10.2 Å². The smallest absolute Gasteiger partial charge is 0.270 e. The molecule has 3 aromatic rings. The number of fused-ring (bicyclic) bond motifs is 1. The third kappa shape index (κ3) is 4.31. The van der Waals surface area contributed by atoms with E-state index in [1.165, 1.54) is 16.9 Å². The monoisotopic (exact) mass is 479 g/mol. The predicted octanol–water partition coefficient (Wildman–Crippen LogP) is 4.72. The van der Waals surface area contributed by atoms with E-state index < -0.39 is 0 Å². The van der Waals surface area contributed by atoms with Gasteiger partial charge in [0.2, 0.25) is 0 Å². The minimum absolute atomic E-state index is 0.0115. The highest BCUT2D eigenvalue weighted by Crippen LogP contribution is 2.33. The minimum Gasteiger partial charge on any atom is -0.379 e. The fraction of sp³-hybridized carbons (Fsp3) is 0.400. The molecular formula is C20H22BrN3O2S2. The largest absolute Gasteiger partial charge is 0.379 e. The first-order valence-corrected chi connectivity index (χ1v) is 11.7. The van der Waals surface area contributed by atoms with Crippen molar-refractivity contribution in [2.75, 3.05) is 44.3 Å². The Kier molecular flexibility index (Phi) is 6.13. The van der Waals surface area contributed by atoms with Gasteiger partial charge in [0.15, 0.2) is 5.13 Å². The summed E-state index contributed by atoms with van der Waals surface area (Å²) in [5.41, 5.74) is 3.35. The average molecular weight is 480 g/mol. The van der Waals surface area contributed by atoms with Crippen molar-refractivity contribution in [3.63, 3.8) is 0 Å². The minimum atomic E-state index is 0.0115. The zero-order valence-electron chi connectivity index (χ0n) is 15.9. The first-order valence-electron chi connectivity index (χ1n) is 9.26. The molecule has 0 bridgehead atoms. The Balaban J connectivity index is 1.65. The number of thiophene rings is 1. The van der Waals surface area contributed by atoms with Gasteiger partial charge in [-0.15, -0.1) is 11.3 Å². The van der Waals surface area contributed by atoms with Crippen LogP contribution in [-0.2, 0) is 4.74 Å². The van der Waals surface area contributed by atoms with Crippen LogP contribution in [0, 0.1) is 13.8 Å². The third-order valence-corrected chi connectivity index (χ3v) is 7.46. The number of morpholine rings is 1. The van der Waals surface area contributed by atoms with Gasteiger partial charge in [-0.25, -0.2) is 4.98 Å². The predicted molar refractivity (Wildman–Crippen MR) is 120 cm³/mol. The van der Waals surface area contributed by atoms with E-state index in [0.29, 0.717) is 6.54 Å². The molecule has 0 spiro atoms. The molecule has 1 aliphatic heterocycles. The van der Waals surface area contributed by atoms with E-state index in [1.54, 1.807) is 11.3 Å². The normalized spacial score (nSPS) is 15.2. The number of aromatic nitrogens is 1. The Hall–Kier alpha value is -1.32. The van der Waals surface area contributed by atoms with Crippen molar-refractivity contribution in [1.82, 2.24) is 9.88 Å². The molecule has 0 N–H and O–H groups in total. The van der Waals surface area contributed by atoms with Crippen LogP contribution in [0.5, 0.6) is 0 Å². The standard InChI is InChI=1S/C20H22BrN3O2S2/c1-13-11-14(2)18-16(12-13)28-20(22-18)24(6-5-23-7-9-26-10-8-23)19(25)15-3-4-17(21)27-15/h3-4,11-12H,5-10H2,1-2H3. The molecule has 1 aromatic carbocycles. The lowest BCUT2D eigenvalue weighted by atomic mass is 10.1. The van der Waals surface area contributed by atoms with E-state index in [0.717, 1.165) is 62.4 Å². The maximum Gasteiger partial charge on any atom is 0.270 e. The van der Waals surface area contributed by atoms with Crippen LogP contribution in [0.2, 0.25) is 0 Å². The Morgan fingerprint density at radius 3 is 2.75 bits per heavy atom. The fourth-order valence-electron chi connectivity index (χ4n) is 3.39. The molecule has 0 saturated carbocycles. The number of nitrogens with zero attached hydrogens (tertiary/aromatic N) is 3. The van der Waals surface area contributed by atoms with E-state index in [2.05, 4.69) is 46.8 Å². The van der Waals surface area contributed by atoms with Crippen LogP contribution in [-0.4, -0.2) is 55.2 Å². The zero-order chi connectivity index (χ0) is 19.7. The molecule has 4 rings (SSSR count). The van der Waals surface area contributed by atoms with E-state index in [-0.39, 0.29) is 5.91 Å². The SMILES string of the molecule is Cc1cc(C)c2nc(N(CCN3CCOCC3)C(=O)c3ccc(Br)s3)sc2c1. The summed E-state index contributed by atoms with van der Waals surface area (Å²) in [7, 11) is 0. The van der Waals surface area contributed by atoms with Crippen molar-refractivity contribution in [3.8, 4) is 0 Å². The number of benzene rings is 1. The number of rotatable bonds is 5. The number of carbonyl (C=O) groups is 1. The summed E-state index contributed by atoms with van der Waals surface area (Å²) in [5, 5.41) is 0.770. The Labute approximate surface area is 181 Å². The summed E-state index contributed by atoms with van der Waals surface area (Å²) >= 11 is 6.52. The number of halogens is 1. The van der Waals surface area contributed by atoms with Gasteiger partial charge < -0.3 is 4.74 Å². The molecule has 0 atom stereocenters. The second-order valence-electron chi connectivity index (χ2n) is 6.94. The third-order valence-electron chi connectivity index (χ3n) is 4.82. The Morgan fingerprint density at radius 2 is 2.04 bits per heavy atom. The molecule has 0 radical (unpaired) electrons. The molecule has 1 aliphatic rings. The number of hydrogen-bond acceptors (Lipinski definition) is 6. The van der Waals surface area contributed by atoms with Crippen molar-refractivity contribution in [3.05, 3.63) is 44.1 Å². The molecule has 3 heterocycles. The number of hydrogen-bond donors (Lipinski definition) is 0. The van der Waals surface area contributed by atoms with Gasteiger partial charge in [0.1, 0.15) is 0 Å². The molecule has 28 heavy (non-hydrogen) atoms. The number of ether oxygens (including phenoxy) is 1. The van der Waals surface area contributed by atoms with Crippen LogP contribution in [0.1, 0.15) is 20.8 Å². The molecule has 1 amide bonds. The Morgan fingerprint density at radius 1 is 1.25 bits per heavy atom. The molecule has 5 nitrogen and oxygen atoms in total. The lowest BCUT2D eigenvalue weighted by molar-refractivity contribution is 0.0391. The highest BCUT2D eigenvalue weighted by atomic mass is 79.9. The Bertz CT molecular complexity index is 995. The van der Waals surface area contributed by atoms with Crippen molar-refractivity contribution in [2.24, 2.45) is 0 Å². The molecule has 0 unspecified atom stereocenters. The first-order chi connectivity index (χ1) is 13.5. The van der Waals surface area contributed by atoms with Crippen molar-refractivity contribution in [1.29, 1.82) is 0 Å². The summed E-state index contributed by atoms with van der Waals surface area (Å²) in [5.74, 6) is 0.0115. The van der Waals surface area contributed by atoms with Gasteiger partial charge in [0, 0.05) is 26.2 Å². The van der Waals surface area contributed by atoms with Gasteiger partial charge in [-0.1, -0.05) is 17.4 Å². The van der Waals surface area contributed by atoms with E-state index in [4.69, 9.17) is 9.72 Å². The van der Waals surface area contributed by atoms with Crippen LogP contribution in [0.15, 0.2) is 28.1 Å². The van der Waals surface area contributed by atoms with Gasteiger partial charge in [-0.2, -0.15) is 0 Å². The number of amides is 1. The van der Waals surface area contributed by atoms with Gasteiger partial charge in [0.25, 0.3) is 5.91 Å². The lowest BCUT2D eigenvalue weighted by Crippen LogP contribution is -2.43. The molecule has 2 aromatic heterocycles. The van der Waals surface area contributed by atoms with E-state index in [9.17, 15) is 4.79 Å². The quantitative estimate of drug-likeness (QED) is 0.531. The highest BCUT2D eigenvalue weighted by molar-refractivity contribution is 9.11. The molecular weight excluding hydrogens is 458 g/mol. The summed E-state index contributed by atoms with van der Waals surface area (Å²) in [6.07, 6.45) is 0. The number of aryl methyl sites for hydroxylation is 2. The maximum absolute atomic E-state index is 13.3. The van der Waals surface area contributed by atoms with Crippen molar-refractivity contribution < 1.29 is 9.53 Å². The maximum atomic E-state index is 13.3. The zero-order valence-corrected chi connectivity index (χ0v) is 19.1.